The Hall–Kier alpha value is -0.820. The standard InChI is InChI=1S/C18H29N/c1-3-4-15-9-11-17(12-10-15)18(19)13-16-7-5-14(2)6-8-16/h5-8,15,17-18H,3-4,9-13,19H2,1-2H3. The maximum absolute atomic E-state index is 6.44. The van der Waals surface area contributed by atoms with Gasteiger partial charge in [0.1, 0.15) is 0 Å². The molecule has 1 heteroatoms. The molecule has 1 atom stereocenters. The second-order valence-corrected chi connectivity index (χ2v) is 6.42. The molecule has 1 nitrogen and oxygen atoms in total. The van der Waals surface area contributed by atoms with Gasteiger partial charge in [0.2, 0.25) is 0 Å². The van der Waals surface area contributed by atoms with Gasteiger partial charge in [-0.2, -0.15) is 0 Å². The first kappa shape index (κ1) is 14.6. The van der Waals surface area contributed by atoms with Crippen molar-refractivity contribution in [2.45, 2.75) is 64.8 Å². The van der Waals surface area contributed by atoms with Crippen LogP contribution in [-0.2, 0) is 6.42 Å². The van der Waals surface area contributed by atoms with Crippen LogP contribution in [0.3, 0.4) is 0 Å². The molecule has 1 aromatic carbocycles. The van der Waals surface area contributed by atoms with Crippen LogP contribution < -0.4 is 5.73 Å². The lowest BCUT2D eigenvalue weighted by molar-refractivity contribution is 0.232. The predicted molar refractivity (Wildman–Crippen MR) is 83.2 cm³/mol. The first-order valence-corrected chi connectivity index (χ1v) is 8.00. The minimum absolute atomic E-state index is 0.352. The highest BCUT2D eigenvalue weighted by Crippen LogP contribution is 2.33. The number of hydrogen-bond acceptors (Lipinski definition) is 1. The number of nitrogens with two attached hydrogens (primary N) is 1. The van der Waals surface area contributed by atoms with Crippen molar-refractivity contribution in [1.82, 2.24) is 0 Å². The maximum atomic E-state index is 6.44. The van der Waals surface area contributed by atoms with Crippen molar-refractivity contribution < 1.29 is 0 Å². The lowest BCUT2D eigenvalue weighted by Gasteiger charge is -2.32. The Balaban J connectivity index is 1.81. The van der Waals surface area contributed by atoms with E-state index in [1.807, 2.05) is 0 Å². The van der Waals surface area contributed by atoms with Crippen molar-refractivity contribution in [3.05, 3.63) is 35.4 Å². The van der Waals surface area contributed by atoms with Crippen molar-refractivity contribution in [3.8, 4) is 0 Å². The molecule has 0 spiro atoms. The van der Waals surface area contributed by atoms with Gasteiger partial charge in [-0.05, 0) is 43.6 Å². The molecular formula is C18H29N. The third kappa shape index (κ3) is 4.35. The maximum Gasteiger partial charge on any atom is 0.0108 e. The Morgan fingerprint density at radius 1 is 1.11 bits per heavy atom. The molecule has 1 aliphatic carbocycles. The summed E-state index contributed by atoms with van der Waals surface area (Å²) in [5.41, 5.74) is 9.17. The SMILES string of the molecule is CCCC1CCC(C(N)Cc2ccc(C)cc2)CC1. The van der Waals surface area contributed by atoms with E-state index in [4.69, 9.17) is 5.73 Å². The molecule has 0 aromatic heterocycles. The Bertz CT molecular complexity index is 360. The summed E-state index contributed by atoms with van der Waals surface area (Å²) in [6.45, 7) is 4.44. The highest BCUT2D eigenvalue weighted by atomic mass is 14.6. The van der Waals surface area contributed by atoms with Crippen LogP contribution in [0.15, 0.2) is 24.3 Å². The first-order chi connectivity index (χ1) is 9.19. The lowest BCUT2D eigenvalue weighted by Crippen LogP contribution is -2.34. The molecule has 106 valence electrons. The monoisotopic (exact) mass is 259 g/mol. The van der Waals surface area contributed by atoms with Crippen LogP contribution in [0, 0.1) is 18.8 Å². The van der Waals surface area contributed by atoms with Crippen molar-refractivity contribution in [3.63, 3.8) is 0 Å². The molecule has 1 saturated carbocycles. The molecule has 1 unspecified atom stereocenters. The zero-order valence-electron chi connectivity index (χ0n) is 12.6. The summed E-state index contributed by atoms with van der Waals surface area (Å²) >= 11 is 0. The molecule has 0 radical (unpaired) electrons. The second kappa shape index (κ2) is 7.09. The van der Waals surface area contributed by atoms with Crippen molar-refractivity contribution in [2.24, 2.45) is 17.6 Å². The Morgan fingerprint density at radius 2 is 1.74 bits per heavy atom. The summed E-state index contributed by atoms with van der Waals surface area (Å²) < 4.78 is 0. The average Bonchev–Trinajstić information content (AvgIpc) is 2.42. The van der Waals surface area contributed by atoms with Gasteiger partial charge in [0.25, 0.3) is 0 Å². The molecular weight excluding hydrogens is 230 g/mol. The fourth-order valence-electron chi connectivity index (χ4n) is 3.48. The molecule has 1 aliphatic rings. The number of aryl methyl sites for hydroxylation is 1. The smallest absolute Gasteiger partial charge is 0.0108 e. The molecule has 0 saturated heterocycles. The van der Waals surface area contributed by atoms with Crippen molar-refractivity contribution >= 4 is 0 Å². The van der Waals surface area contributed by atoms with Crippen molar-refractivity contribution in [2.75, 3.05) is 0 Å². The molecule has 0 heterocycles. The summed E-state index contributed by atoms with van der Waals surface area (Å²) in [7, 11) is 0. The van der Waals surface area contributed by atoms with E-state index in [0.717, 1.165) is 18.3 Å². The van der Waals surface area contributed by atoms with E-state index in [-0.39, 0.29) is 0 Å². The van der Waals surface area contributed by atoms with Gasteiger partial charge in [-0.25, -0.2) is 0 Å². The summed E-state index contributed by atoms with van der Waals surface area (Å²) in [5, 5.41) is 0. The number of hydrogen-bond donors (Lipinski definition) is 1. The van der Waals surface area contributed by atoms with Gasteiger partial charge >= 0.3 is 0 Å². The van der Waals surface area contributed by atoms with E-state index < -0.39 is 0 Å². The number of rotatable bonds is 5. The minimum atomic E-state index is 0.352. The van der Waals surface area contributed by atoms with Crippen LogP contribution in [0.2, 0.25) is 0 Å². The van der Waals surface area contributed by atoms with Gasteiger partial charge in [-0.15, -0.1) is 0 Å². The molecule has 0 bridgehead atoms. The topological polar surface area (TPSA) is 26.0 Å². The summed E-state index contributed by atoms with van der Waals surface area (Å²) in [6, 6.07) is 9.21. The van der Waals surface area contributed by atoms with E-state index in [2.05, 4.69) is 38.1 Å². The van der Waals surface area contributed by atoms with Gasteiger partial charge in [0, 0.05) is 6.04 Å². The summed E-state index contributed by atoms with van der Waals surface area (Å²) in [4.78, 5) is 0. The molecule has 0 aliphatic heterocycles. The normalized spacial score (nSPS) is 25.2. The first-order valence-electron chi connectivity index (χ1n) is 8.00. The Labute approximate surface area is 118 Å². The van der Waals surface area contributed by atoms with Gasteiger partial charge in [-0.3, -0.25) is 0 Å². The summed E-state index contributed by atoms with van der Waals surface area (Å²) in [5.74, 6) is 1.72. The largest absolute Gasteiger partial charge is 0.327 e. The number of benzene rings is 1. The highest BCUT2D eigenvalue weighted by Gasteiger charge is 2.25. The molecule has 2 N–H and O–H groups in total. The second-order valence-electron chi connectivity index (χ2n) is 6.42. The molecule has 1 aromatic rings. The van der Waals surface area contributed by atoms with Crippen LogP contribution in [0.4, 0.5) is 0 Å². The fourth-order valence-corrected chi connectivity index (χ4v) is 3.48. The molecule has 0 amide bonds. The summed E-state index contributed by atoms with van der Waals surface area (Å²) in [6.07, 6.45) is 9.30. The van der Waals surface area contributed by atoms with Crippen LogP contribution in [-0.4, -0.2) is 6.04 Å². The van der Waals surface area contributed by atoms with E-state index in [0.29, 0.717) is 6.04 Å². The van der Waals surface area contributed by atoms with Gasteiger partial charge in [0.15, 0.2) is 0 Å². The van der Waals surface area contributed by atoms with E-state index in [9.17, 15) is 0 Å². The third-order valence-electron chi connectivity index (χ3n) is 4.79. The molecule has 19 heavy (non-hydrogen) atoms. The Morgan fingerprint density at radius 3 is 2.32 bits per heavy atom. The third-order valence-corrected chi connectivity index (χ3v) is 4.79. The van der Waals surface area contributed by atoms with Gasteiger partial charge < -0.3 is 5.73 Å². The van der Waals surface area contributed by atoms with Crippen molar-refractivity contribution in [1.29, 1.82) is 0 Å². The molecule has 1 fully saturated rings. The lowest BCUT2D eigenvalue weighted by atomic mass is 9.76. The van der Waals surface area contributed by atoms with E-state index in [1.165, 1.54) is 49.7 Å². The quantitative estimate of drug-likeness (QED) is 0.829. The highest BCUT2D eigenvalue weighted by molar-refractivity contribution is 5.22. The van der Waals surface area contributed by atoms with Crippen LogP contribution in [0.5, 0.6) is 0 Å². The van der Waals surface area contributed by atoms with Gasteiger partial charge in [-0.1, -0.05) is 62.4 Å². The van der Waals surface area contributed by atoms with E-state index in [1.54, 1.807) is 0 Å². The molecule has 2 rings (SSSR count). The van der Waals surface area contributed by atoms with Gasteiger partial charge in [0.05, 0.1) is 0 Å². The zero-order chi connectivity index (χ0) is 13.7. The fraction of sp³-hybridized carbons (Fsp3) is 0.667. The van der Waals surface area contributed by atoms with Crippen LogP contribution >= 0.6 is 0 Å². The average molecular weight is 259 g/mol. The zero-order valence-corrected chi connectivity index (χ0v) is 12.6. The van der Waals surface area contributed by atoms with E-state index >= 15 is 0 Å². The van der Waals surface area contributed by atoms with Crippen LogP contribution in [0.25, 0.3) is 0 Å². The minimum Gasteiger partial charge on any atom is -0.327 e. The Kier molecular flexibility index (Phi) is 5.45. The van der Waals surface area contributed by atoms with Crippen LogP contribution in [0.1, 0.15) is 56.6 Å². The predicted octanol–water partition coefficient (Wildman–Crippen LogP) is 4.47.